The Bertz CT molecular complexity index is 723. The Labute approximate surface area is 146 Å². The third-order valence-electron chi connectivity index (χ3n) is 4.04. The van der Waals surface area contributed by atoms with Crippen LogP contribution in [0.2, 0.25) is 0 Å². The Morgan fingerprint density at radius 2 is 1.96 bits per heavy atom. The molecule has 0 aliphatic heterocycles. The molecule has 1 unspecified atom stereocenters. The van der Waals surface area contributed by atoms with Crippen molar-refractivity contribution in [3.05, 3.63) is 52.9 Å². The molecule has 3 N–H and O–H groups in total. The molecule has 7 nitrogen and oxygen atoms in total. The third-order valence-corrected chi connectivity index (χ3v) is 4.04. The van der Waals surface area contributed by atoms with Crippen LogP contribution in [0.1, 0.15) is 29.5 Å². The van der Waals surface area contributed by atoms with Crippen molar-refractivity contribution in [1.29, 1.82) is 0 Å². The van der Waals surface area contributed by atoms with Gasteiger partial charge in [-0.25, -0.2) is 4.79 Å². The fraction of sp³-hybridized carbons (Fsp3) is 0.389. The van der Waals surface area contributed by atoms with E-state index in [-0.39, 0.29) is 6.42 Å². The zero-order valence-corrected chi connectivity index (χ0v) is 14.7. The van der Waals surface area contributed by atoms with Crippen LogP contribution in [0.4, 0.5) is 4.79 Å². The van der Waals surface area contributed by atoms with Gasteiger partial charge in [-0.1, -0.05) is 35.5 Å². The SMILES string of the molecule is Cc1noc(C)c1CC(C)(OC(N)=O)C(=O)NCCc1ccccc1. The second-order valence-electron chi connectivity index (χ2n) is 6.12. The van der Waals surface area contributed by atoms with Gasteiger partial charge in [0.15, 0.2) is 5.60 Å². The van der Waals surface area contributed by atoms with Gasteiger partial charge in [0.1, 0.15) is 5.76 Å². The van der Waals surface area contributed by atoms with E-state index < -0.39 is 17.6 Å². The molecule has 2 rings (SSSR count). The molecule has 1 atom stereocenters. The third kappa shape index (κ3) is 4.82. The van der Waals surface area contributed by atoms with Crippen molar-refractivity contribution in [2.75, 3.05) is 6.54 Å². The molecule has 0 saturated heterocycles. The topological polar surface area (TPSA) is 107 Å². The number of nitrogens with zero attached hydrogens (tertiary/aromatic N) is 1. The highest BCUT2D eigenvalue weighted by Gasteiger charge is 2.38. The van der Waals surface area contributed by atoms with E-state index in [2.05, 4.69) is 10.5 Å². The van der Waals surface area contributed by atoms with Gasteiger partial charge in [0.05, 0.1) is 5.69 Å². The first kappa shape index (κ1) is 18.5. The van der Waals surface area contributed by atoms with Crippen LogP contribution < -0.4 is 11.1 Å². The van der Waals surface area contributed by atoms with Gasteiger partial charge in [-0.3, -0.25) is 4.79 Å². The predicted octanol–water partition coefficient (Wildman–Crippen LogP) is 2.05. The minimum Gasteiger partial charge on any atom is -0.433 e. The lowest BCUT2D eigenvalue weighted by molar-refractivity contribution is -0.138. The molecule has 1 aromatic heterocycles. The van der Waals surface area contributed by atoms with Crippen LogP contribution in [-0.2, 0) is 22.4 Å². The lowest BCUT2D eigenvalue weighted by Crippen LogP contribution is -2.50. The van der Waals surface area contributed by atoms with Gasteiger partial charge < -0.3 is 20.3 Å². The van der Waals surface area contributed by atoms with Crippen LogP contribution in [0.25, 0.3) is 0 Å². The van der Waals surface area contributed by atoms with E-state index in [1.165, 1.54) is 6.92 Å². The van der Waals surface area contributed by atoms with E-state index in [0.717, 1.165) is 11.1 Å². The maximum Gasteiger partial charge on any atom is 0.405 e. The number of benzene rings is 1. The zero-order chi connectivity index (χ0) is 18.4. The van der Waals surface area contributed by atoms with Crippen molar-refractivity contribution in [3.8, 4) is 0 Å². The number of carbonyl (C=O) groups is 2. The minimum atomic E-state index is -1.44. The number of aromatic nitrogens is 1. The average Bonchev–Trinajstić information content (AvgIpc) is 2.87. The van der Waals surface area contributed by atoms with Crippen molar-refractivity contribution < 1.29 is 18.8 Å². The van der Waals surface area contributed by atoms with Gasteiger partial charge in [0, 0.05) is 18.5 Å². The summed E-state index contributed by atoms with van der Waals surface area (Å²) in [7, 11) is 0. The summed E-state index contributed by atoms with van der Waals surface area (Å²) < 4.78 is 10.3. The molecule has 0 radical (unpaired) electrons. The Morgan fingerprint density at radius 3 is 2.52 bits per heavy atom. The lowest BCUT2D eigenvalue weighted by atomic mass is 9.94. The highest BCUT2D eigenvalue weighted by Crippen LogP contribution is 2.23. The summed E-state index contributed by atoms with van der Waals surface area (Å²) in [5.41, 5.74) is 6.19. The molecule has 1 heterocycles. The first-order valence-electron chi connectivity index (χ1n) is 8.04. The summed E-state index contributed by atoms with van der Waals surface area (Å²) in [6.45, 7) is 5.46. The standard InChI is InChI=1S/C18H23N3O4/c1-12-15(13(2)25-21-12)11-18(3,24-17(19)23)16(22)20-10-9-14-7-5-4-6-8-14/h4-8H,9-11H2,1-3H3,(H2,19,23)(H,20,22). The molecule has 0 aliphatic rings. The monoisotopic (exact) mass is 345 g/mol. The summed E-state index contributed by atoms with van der Waals surface area (Å²) in [6.07, 6.45) is -0.203. The van der Waals surface area contributed by atoms with Crippen LogP contribution >= 0.6 is 0 Å². The molecule has 2 aromatic rings. The normalized spacial score (nSPS) is 13.1. The fourth-order valence-corrected chi connectivity index (χ4v) is 2.63. The minimum absolute atomic E-state index is 0.133. The Morgan fingerprint density at radius 1 is 1.28 bits per heavy atom. The largest absolute Gasteiger partial charge is 0.433 e. The molecular weight excluding hydrogens is 322 g/mol. The molecule has 0 spiro atoms. The molecule has 0 fully saturated rings. The number of hydrogen-bond donors (Lipinski definition) is 2. The van der Waals surface area contributed by atoms with Crippen LogP contribution in [0, 0.1) is 13.8 Å². The number of nitrogens with two attached hydrogens (primary N) is 1. The number of amides is 2. The van der Waals surface area contributed by atoms with Gasteiger partial charge in [0.25, 0.3) is 5.91 Å². The highest BCUT2D eigenvalue weighted by molar-refractivity contribution is 5.87. The Kier molecular flexibility index (Phi) is 5.80. The summed E-state index contributed by atoms with van der Waals surface area (Å²) >= 11 is 0. The number of ether oxygens (including phenoxy) is 1. The van der Waals surface area contributed by atoms with Crippen molar-refractivity contribution in [3.63, 3.8) is 0 Å². The van der Waals surface area contributed by atoms with Crippen molar-refractivity contribution in [1.82, 2.24) is 10.5 Å². The first-order valence-corrected chi connectivity index (χ1v) is 8.04. The van der Waals surface area contributed by atoms with Crippen LogP contribution in [0.15, 0.2) is 34.9 Å². The van der Waals surface area contributed by atoms with Crippen LogP contribution in [0.5, 0.6) is 0 Å². The van der Waals surface area contributed by atoms with E-state index in [1.807, 2.05) is 30.3 Å². The molecule has 0 bridgehead atoms. The number of primary amides is 1. The van der Waals surface area contributed by atoms with Crippen molar-refractivity contribution in [2.45, 2.75) is 39.2 Å². The van der Waals surface area contributed by atoms with E-state index in [9.17, 15) is 9.59 Å². The number of rotatable bonds is 7. The van der Waals surface area contributed by atoms with Gasteiger partial charge in [-0.2, -0.15) is 0 Å². The zero-order valence-electron chi connectivity index (χ0n) is 14.7. The Balaban J connectivity index is 2.07. The van der Waals surface area contributed by atoms with E-state index >= 15 is 0 Å². The van der Waals surface area contributed by atoms with E-state index in [0.29, 0.717) is 24.4 Å². The number of carbonyl (C=O) groups excluding carboxylic acids is 2. The maximum absolute atomic E-state index is 12.6. The highest BCUT2D eigenvalue weighted by atomic mass is 16.6. The maximum atomic E-state index is 12.6. The fourth-order valence-electron chi connectivity index (χ4n) is 2.63. The molecule has 25 heavy (non-hydrogen) atoms. The molecule has 7 heteroatoms. The molecule has 0 aliphatic carbocycles. The first-order chi connectivity index (χ1) is 11.8. The van der Waals surface area contributed by atoms with Crippen molar-refractivity contribution in [2.24, 2.45) is 5.73 Å². The predicted molar refractivity (Wildman–Crippen MR) is 91.9 cm³/mol. The van der Waals surface area contributed by atoms with Gasteiger partial charge in [-0.15, -0.1) is 0 Å². The second-order valence-corrected chi connectivity index (χ2v) is 6.12. The van der Waals surface area contributed by atoms with E-state index in [4.69, 9.17) is 15.0 Å². The summed E-state index contributed by atoms with van der Waals surface area (Å²) in [6, 6.07) is 9.78. The van der Waals surface area contributed by atoms with Gasteiger partial charge in [-0.05, 0) is 32.8 Å². The van der Waals surface area contributed by atoms with E-state index in [1.54, 1.807) is 13.8 Å². The molecule has 1 aromatic carbocycles. The molecule has 134 valence electrons. The number of nitrogens with one attached hydrogen (secondary N) is 1. The quantitative estimate of drug-likeness (QED) is 0.798. The second kappa shape index (κ2) is 7.83. The summed E-state index contributed by atoms with van der Waals surface area (Å²) in [5.74, 6) is 0.163. The average molecular weight is 345 g/mol. The molecular formula is C18H23N3O4. The lowest BCUT2D eigenvalue weighted by Gasteiger charge is -2.27. The van der Waals surface area contributed by atoms with Gasteiger partial charge >= 0.3 is 6.09 Å². The number of aryl methyl sites for hydroxylation is 2. The van der Waals surface area contributed by atoms with Crippen molar-refractivity contribution >= 4 is 12.0 Å². The molecule has 2 amide bonds. The van der Waals surface area contributed by atoms with Crippen LogP contribution in [-0.4, -0.2) is 29.3 Å². The number of hydrogen-bond acceptors (Lipinski definition) is 5. The smallest absolute Gasteiger partial charge is 0.405 e. The summed E-state index contributed by atoms with van der Waals surface area (Å²) in [4.78, 5) is 23.9. The Hall–Kier alpha value is -2.83. The molecule has 0 saturated carbocycles. The van der Waals surface area contributed by atoms with Gasteiger partial charge in [0.2, 0.25) is 0 Å². The summed E-state index contributed by atoms with van der Waals surface area (Å²) in [5, 5.41) is 6.67. The van der Waals surface area contributed by atoms with Crippen LogP contribution in [0.3, 0.4) is 0 Å².